The molecule has 0 amide bonds. The molecule has 0 N–H and O–H groups in total. The first-order valence-corrected chi connectivity index (χ1v) is 13.8. The molecule has 8 heteroatoms. The fourth-order valence-electron chi connectivity index (χ4n) is 3.25. The number of anilines is 1. The standard InChI is InChI=1S/C20H33N3O4Si/c1-16(25)17-7-9-22(10-8-17)19-20(26)23(14-18(21-19)6-5-11-24)15-27-12-13-28(2,3)4/h11,14,17H,5-10,12-13,15H2,1-4H3. The molecule has 0 bridgehead atoms. The molecule has 0 aliphatic carbocycles. The second-order valence-corrected chi connectivity index (χ2v) is 14.4. The van der Waals surface area contributed by atoms with E-state index >= 15 is 0 Å². The molecule has 0 atom stereocenters. The third kappa shape index (κ3) is 6.67. The van der Waals surface area contributed by atoms with Crippen molar-refractivity contribution in [2.24, 2.45) is 5.92 Å². The van der Waals surface area contributed by atoms with E-state index in [0.29, 0.717) is 44.0 Å². The largest absolute Gasteiger partial charge is 0.361 e. The van der Waals surface area contributed by atoms with E-state index in [0.717, 1.165) is 25.2 Å². The fraction of sp³-hybridized carbons (Fsp3) is 0.700. The molecule has 2 heterocycles. The highest BCUT2D eigenvalue weighted by Gasteiger charge is 2.25. The third-order valence-electron chi connectivity index (χ3n) is 5.12. The SMILES string of the molecule is CC(=O)C1CCN(c2nc(CCC=O)cn(COCC[Si](C)(C)C)c2=O)CC1. The summed E-state index contributed by atoms with van der Waals surface area (Å²) in [6.45, 7) is 10.6. The molecule has 1 aromatic rings. The number of aryl methyl sites for hydroxylation is 1. The van der Waals surface area contributed by atoms with Crippen LogP contribution in [0, 0.1) is 5.92 Å². The van der Waals surface area contributed by atoms with E-state index in [2.05, 4.69) is 24.6 Å². The van der Waals surface area contributed by atoms with Crippen molar-refractivity contribution in [3.8, 4) is 0 Å². The van der Waals surface area contributed by atoms with E-state index in [1.54, 1.807) is 17.7 Å². The summed E-state index contributed by atoms with van der Waals surface area (Å²) >= 11 is 0. The molecule has 0 unspecified atom stereocenters. The summed E-state index contributed by atoms with van der Waals surface area (Å²) in [6, 6.07) is 1.04. The lowest BCUT2D eigenvalue weighted by Crippen LogP contribution is -2.41. The molecule has 2 rings (SSSR count). The molecule has 1 aromatic heterocycles. The number of aldehydes is 1. The molecular weight excluding hydrogens is 374 g/mol. The molecule has 1 saturated heterocycles. The molecular formula is C20H33N3O4Si. The Kier molecular flexibility index (Phi) is 8.12. The minimum absolute atomic E-state index is 0.0709. The van der Waals surface area contributed by atoms with Crippen LogP contribution in [-0.4, -0.2) is 49.4 Å². The van der Waals surface area contributed by atoms with Gasteiger partial charge < -0.3 is 14.4 Å². The Morgan fingerprint density at radius 2 is 2.00 bits per heavy atom. The van der Waals surface area contributed by atoms with Crippen LogP contribution in [-0.2, 0) is 27.5 Å². The van der Waals surface area contributed by atoms with Crippen molar-refractivity contribution in [2.45, 2.75) is 65.0 Å². The van der Waals surface area contributed by atoms with Crippen LogP contribution in [0.2, 0.25) is 25.7 Å². The smallest absolute Gasteiger partial charge is 0.295 e. The zero-order chi connectivity index (χ0) is 20.7. The average molecular weight is 408 g/mol. The van der Waals surface area contributed by atoms with Crippen LogP contribution < -0.4 is 10.5 Å². The van der Waals surface area contributed by atoms with E-state index in [1.807, 2.05) is 4.90 Å². The summed E-state index contributed by atoms with van der Waals surface area (Å²) in [6.07, 6.45) is 4.90. The van der Waals surface area contributed by atoms with Crippen LogP contribution in [0.1, 0.15) is 31.9 Å². The highest BCUT2D eigenvalue weighted by molar-refractivity contribution is 6.76. The highest BCUT2D eigenvalue weighted by atomic mass is 28.3. The van der Waals surface area contributed by atoms with Crippen molar-refractivity contribution in [3.63, 3.8) is 0 Å². The summed E-state index contributed by atoms with van der Waals surface area (Å²) in [7, 11) is -1.19. The number of piperidine rings is 1. The van der Waals surface area contributed by atoms with Crippen LogP contribution in [0.15, 0.2) is 11.0 Å². The number of ether oxygens (including phenoxy) is 1. The van der Waals surface area contributed by atoms with Gasteiger partial charge in [-0.2, -0.15) is 0 Å². The number of hydrogen-bond acceptors (Lipinski definition) is 6. The Bertz CT molecular complexity index is 734. The molecule has 0 saturated carbocycles. The number of ketones is 1. The van der Waals surface area contributed by atoms with Gasteiger partial charge in [0.15, 0.2) is 5.82 Å². The molecule has 1 aliphatic rings. The van der Waals surface area contributed by atoms with Crippen LogP contribution in [0.3, 0.4) is 0 Å². The van der Waals surface area contributed by atoms with Gasteiger partial charge in [-0.3, -0.25) is 14.2 Å². The maximum Gasteiger partial charge on any atom is 0.295 e. The van der Waals surface area contributed by atoms with Crippen molar-refractivity contribution >= 4 is 26.0 Å². The highest BCUT2D eigenvalue weighted by Crippen LogP contribution is 2.21. The van der Waals surface area contributed by atoms with Gasteiger partial charge >= 0.3 is 0 Å². The van der Waals surface area contributed by atoms with Gasteiger partial charge in [0.2, 0.25) is 0 Å². The number of aromatic nitrogens is 2. The number of nitrogens with zero attached hydrogens (tertiary/aromatic N) is 3. The zero-order valence-corrected chi connectivity index (χ0v) is 18.6. The van der Waals surface area contributed by atoms with Gasteiger partial charge in [0.25, 0.3) is 5.56 Å². The Morgan fingerprint density at radius 3 is 2.57 bits per heavy atom. The van der Waals surface area contributed by atoms with Crippen molar-refractivity contribution in [1.82, 2.24) is 9.55 Å². The van der Waals surface area contributed by atoms with Crippen molar-refractivity contribution < 1.29 is 14.3 Å². The lowest BCUT2D eigenvalue weighted by atomic mass is 9.93. The monoisotopic (exact) mass is 407 g/mol. The number of carbonyl (C=O) groups is 2. The average Bonchev–Trinajstić information content (AvgIpc) is 2.64. The van der Waals surface area contributed by atoms with E-state index < -0.39 is 8.07 Å². The molecule has 156 valence electrons. The van der Waals surface area contributed by atoms with Crippen molar-refractivity contribution in [2.75, 3.05) is 24.6 Å². The predicted molar refractivity (Wildman–Crippen MR) is 113 cm³/mol. The number of hydrogen-bond donors (Lipinski definition) is 0. The molecule has 0 aromatic carbocycles. The number of rotatable bonds is 10. The number of carbonyl (C=O) groups excluding carboxylic acids is 2. The molecule has 0 spiro atoms. The molecule has 1 aliphatic heterocycles. The van der Waals surface area contributed by atoms with Gasteiger partial charge in [-0.1, -0.05) is 19.6 Å². The fourth-order valence-corrected chi connectivity index (χ4v) is 4.00. The van der Waals surface area contributed by atoms with Crippen LogP contribution in [0.5, 0.6) is 0 Å². The first-order valence-electron chi connectivity index (χ1n) is 10.1. The van der Waals surface area contributed by atoms with Crippen LogP contribution >= 0.6 is 0 Å². The number of Topliss-reactive ketones (excluding diaryl/α,β-unsaturated/α-hetero) is 1. The second kappa shape index (κ2) is 10.1. The molecule has 28 heavy (non-hydrogen) atoms. The maximum atomic E-state index is 13.0. The van der Waals surface area contributed by atoms with Gasteiger partial charge in [-0.05, 0) is 32.2 Å². The first kappa shape index (κ1) is 22.5. The minimum Gasteiger partial charge on any atom is -0.361 e. The molecule has 0 radical (unpaired) electrons. The zero-order valence-electron chi connectivity index (χ0n) is 17.6. The lowest BCUT2D eigenvalue weighted by molar-refractivity contribution is -0.121. The van der Waals surface area contributed by atoms with Gasteiger partial charge in [0, 0.05) is 46.3 Å². The summed E-state index contributed by atoms with van der Waals surface area (Å²) in [4.78, 5) is 41.8. The van der Waals surface area contributed by atoms with Gasteiger partial charge in [-0.15, -0.1) is 0 Å². The van der Waals surface area contributed by atoms with E-state index in [1.165, 1.54) is 0 Å². The van der Waals surface area contributed by atoms with Gasteiger partial charge in [0.05, 0.1) is 5.69 Å². The Balaban J connectivity index is 2.15. The molecule has 1 fully saturated rings. The Hall–Kier alpha value is -1.80. The predicted octanol–water partition coefficient (Wildman–Crippen LogP) is 2.49. The van der Waals surface area contributed by atoms with E-state index in [-0.39, 0.29) is 24.0 Å². The van der Waals surface area contributed by atoms with Crippen molar-refractivity contribution in [3.05, 3.63) is 22.2 Å². The summed E-state index contributed by atoms with van der Waals surface area (Å²) in [5, 5.41) is 0. The Labute approximate surface area is 168 Å². The van der Waals surface area contributed by atoms with Crippen molar-refractivity contribution in [1.29, 1.82) is 0 Å². The summed E-state index contributed by atoms with van der Waals surface area (Å²) in [5.74, 6) is 0.682. The van der Waals surface area contributed by atoms with E-state index in [4.69, 9.17) is 4.74 Å². The second-order valence-electron chi connectivity index (χ2n) is 8.76. The maximum absolute atomic E-state index is 13.0. The normalized spacial score (nSPS) is 15.6. The summed E-state index contributed by atoms with van der Waals surface area (Å²) < 4.78 is 7.32. The molecule has 7 nitrogen and oxygen atoms in total. The first-order chi connectivity index (χ1) is 13.2. The summed E-state index contributed by atoms with van der Waals surface area (Å²) in [5.41, 5.74) is 0.535. The third-order valence-corrected chi connectivity index (χ3v) is 6.83. The van der Waals surface area contributed by atoms with Crippen LogP contribution in [0.25, 0.3) is 0 Å². The van der Waals surface area contributed by atoms with Crippen LogP contribution in [0.4, 0.5) is 5.82 Å². The van der Waals surface area contributed by atoms with Gasteiger partial charge in [0.1, 0.15) is 18.8 Å². The van der Waals surface area contributed by atoms with E-state index in [9.17, 15) is 14.4 Å². The minimum atomic E-state index is -1.19. The van der Waals surface area contributed by atoms with Gasteiger partial charge in [-0.25, -0.2) is 4.98 Å². The Morgan fingerprint density at radius 1 is 1.32 bits per heavy atom. The topological polar surface area (TPSA) is 81.5 Å². The quantitative estimate of drug-likeness (QED) is 0.337. The lowest BCUT2D eigenvalue weighted by Gasteiger charge is -2.31.